The van der Waals surface area contributed by atoms with Crippen LogP contribution in [0, 0.1) is 0 Å². The van der Waals surface area contributed by atoms with Gasteiger partial charge in [0.25, 0.3) is 0 Å². The Kier molecular flexibility index (Phi) is 57.3. The van der Waals surface area contributed by atoms with Crippen LogP contribution in [-0.4, -0.2) is 37.9 Å². The molecule has 1 unspecified atom stereocenters. The van der Waals surface area contributed by atoms with Crippen molar-refractivity contribution >= 4 is 11.9 Å². The minimum Gasteiger partial charge on any atom is -0.462 e. The quantitative estimate of drug-likeness (QED) is 0.0345. The SMILES string of the molecule is CCCCC/C=C\C/C=C\C/C=C\CCCCCCCCCOCC(COC(=O)CCCCCCCCCCC/C=C\CCCCCCCC)OC(=O)CCCCCCCCCCCCCCC. The Labute approximate surface area is 424 Å². The summed E-state index contributed by atoms with van der Waals surface area (Å²) in [5.74, 6) is -0.388. The zero-order chi connectivity index (χ0) is 49.2. The van der Waals surface area contributed by atoms with Crippen LogP contribution in [0.1, 0.15) is 316 Å². The van der Waals surface area contributed by atoms with Crippen molar-refractivity contribution in [2.24, 2.45) is 0 Å². The predicted molar refractivity (Wildman–Crippen MR) is 298 cm³/mol. The molecule has 1 atom stereocenters. The van der Waals surface area contributed by atoms with E-state index in [4.69, 9.17) is 14.2 Å². The van der Waals surface area contributed by atoms with E-state index >= 15 is 0 Å². The van der Waals surface area contributed by atoms with Gasteiger partial charge in [-0.3, -0.25) is 9.59 Å². The van der Waals surface area contributed by atoms with Gasteiger partial charge in [-0.25, -0.2) is 0 Å². The largest absolute Gasteiger partial charge is 0.462 e. The van der Waals surface area contributed by atoms with Crippen molar-refractivity contribution in [3.8, 4) is 0 Å². The van der Waals surface area contributed by atoms with E-state index in [0.717, 1.165) is 51.4 Å². The summed E-state index contributed by atoms with van der Waals surface area (Å²) in [7, 11) is 0. The molecule has 0 amide bonds. The molecule has 0 aliphatic heterocycles. The predicted octanol–water partition coefficient (Wildman–Crippen LogP) is 20.7. The Morgan fingerprint density at radius 3 is 1.03 bits per heavy atom. The van der Waals surface area contributed by atoms with Gasteiger partial charge in [-0.2, -0.15) is 0 Å². The summed E-state index contributed by atoms with van der Waals surface area (Å²) in [5.41, 5.74) is 0. The monoisotopic (exact) mass is 953 g/mol. The van der Waals surface area contributed by atoms with Crippen molar-refractivity contribution < 1.29 is 23.8 Å². The zero-order valence-corrected chi connectivity index (χ0v) is 45.9. The summed E-state index contributed by atoms with van der Waals surface area (Å²) in [5, 5.41) is 0. The van der Waals surface area contributed by atoms with E-state index in [1.165, 1.54) is 231 Å². The average molecular weight is 954 g/mol. The first-order valence-electron chi connectivity index (χ1n) is 30.2. The van der Waals surface area contributed by atoms with Crippen molar-refractivity contribution in [2.75, 3.05) is 19.8 Å². The molecular weight excluding hydrogens is 837 g/mol. The molecule has 5 nitrogen and oxygen atoms in total. The van der Waals surface area contributed by atoms with Crippen molar-refractivity contribution in [2.45, 2.75) is 322 Å². The molecule has 5 heteroatoms. The van der Waals surface area contributed by atoms with Crippen LogP contribution < -0.4 is 0 Å². The molecule has 68 heavy (non-hydrogen) atoms. The minimum atomic E-state index is -0.540. The van der Waals surface area contributed by atoms with Gasteiger partial charge in [0.05, 0.1) is 6.61 Å². The van der Waals surface area contributed by atoms with Crippen LogP contribution in [-0.2, 0) is 23.8 Å². The number of rotatable bonds is 56. The molecule has 0 N–H and O–H groups in total. The summed E-state index contributed by atoms with van der Waals surface area (Å²) < 4.78 is 17.5. The maximum absolute atomic E-state index is 12.9. The highest BCUT2D eigenvalue weighted by Crippen LogP contribution is 2.16. The van der Waals surface area contributed by atoms with Gasteiger partial charge >= 0.3 is 11.9 Å². The van der Waals surface area contributed by atoms with E-state index < -0.39 is 6.10 Å². The van der Waals surface area contributed by atoms with Gasteiger partial charge in [0.2, 0.25) is 0 Å². The van der Waals surface area contributed by atoms with E-state index in [2.05, 4.69) is 69.4 Å². The van der Waals surface area contributed by atoms with Crippen LogP contribution >= 0.6 is 0 Å². The Balaban J connectivity index is 4.23. The summed E-state index contributed by atoms with van der Waals surface area (Å²) in [6.07, 6.45) is 74.2. The van der Waals surface area contributed by atoms with Crippen LogP contribution in [0.5, 0.6) is 0 Å². The van der Waals surface area contributed by atoms with E-state index in [9.17, 15) is 9.59 Å². The van der Waals surface area contributed by atoms with Crippen molar-refractivity contribution in [3.63, 3.8) is 0 Å². The number of unbranched alkanes of at least 4 members (excludes halogenated alkanes) is 37. The van der Waals surface area contributed by atoms with E-state index in [1.54, 1.807) is 0 Å². The summed E-state index contributed by atoms with van der Waals surface area (Å²) in [6, 6.07) is 0. The van der Waals surface area contributed by atoms with Crippen molar-refractivity contribution in [1.29, 1.82) is 0 Å². The zero-order valence-electron chi connectivity index (χ0n) is 45.9. The molecule has 0 radical (unpaired) electrons. The first-order valence-corrected chi connectivity index (χ1v) is 30.2. The first kappa shape index (κ1) is 65.9. The molecule has 0 aromatic heterocycles. The van der Waals surface area contributed by atoms with E-state index in [1.807, 2.05) is 0 Å². The number of ether oxygens (including phenoxy) is 3. The third-order valence-corrected chi connectivity index (χ3v) is 13.3. The second-order valence-electron chi connectivity index (χ2n) is 20.3. The van der Waals surface area contributed by atoms with Crippen LogP contribution in [0.25, 0.3) is 0 Å². The number of hydrogen-bond donors (Lipinski definition) is 0. The lowest BCUT2D eigenvalue weighted by molar-refractivity contribution is -0.163. The molecule has 0 aliphatic rings. The molecule has 0 saturated heterocycles. The molecule has 0 saturated carbocycles. The van der Waals surface area contributed by atoms with Gasteiger partial charge in [-0.1, -0.05) is 268 Å². The van der Waals surface area contributed by atoms with E-state index in [-0.39, 0.29) is 25.2 Å². The number of carbonyl (C=O) groups excluding carboxylic acids is 2. The normalized spacial score (nSPS) is 12.5. The second kappa shape index (κ2) is 59.2. The molecular formula is C63H116O5. The third kappa shape index (κ3) is 56.4. The number of hydrogen-bond acceptors (Lipinski definition) is 5. The smallest absolute Gasteiger partial charge is 0.306 e. The number of esters is 2. The highest BCUT2D eigenvalue weighted by molar-refractivity contribution is 5.70. The fraction of sp³-hybridized carbons (Fsp3) is 0.841. The molecule has 0 aromatic rings. The standard InChI is InChI=1S/C63H116O5/c1-4-7-10-13-16-19-22-25-27-29-31-33-35-37-40-43-46-49-52-55-58-66-59-61(68-63(65)57-54-51-48-45-42-38-24-21-18-15-12-9-6-3)60-67-62(64)56-53-50-47-44-41-39-36-34-32-30-28-26-23-20-17-14-11-8-5-2/h16,19,25-28,31,33,61H,4-15,17-18,20-24,29-30,32,34-60H2,1-3H3/b19-16-,27-25-,28-26-,33-31-. The molecule has 0 heterocycles. The van der Waals surface area contributed by atoms with Gasteiger partial charge in [-0.05, 0) is 83.5 Å². The lowest BCUT2D eigenvalue weighted by Gasteiger charge is -2.18. The fourth-order valence-corrected chi connectivity index (χ4v) is 8.81. The van der Waals surface area contributed by atoms with Crippen molar-refractivity contribution in [1.82, 2.24) is 0 Å². The summed E-state index contributed by atoms with van der Waals surface area (Å²) in [4.78, 5) is 25.5. The summed E-state index contributed by atoms with van der Waals surface area (Å²) >= 11 is 0. The van der Waals surface area contributed by atoms with Crippen LogP contribution in [0.4, 0.5) is 0 Å². The van der Waals surface area contributed by atoms with Crippen LogP contribution in [0.15, 0.2) is 48.6 Å². The summed E-state index contributed by atoms with van der Waals surface area (Å²) in [6.45, 7) is 7.83. The van der Waals surface area contributed by atoms with Crippen LogP contribution in [0.3, 0.4) is 0 Å². The van der Waals surface area contributed by atoms with Gasteiger partial charge in [-0.15, -0.1) is 0 Å². The van der Waals surface area contributed by atoms with E-state index in [0.29, 0.717) is 19.4 Å². The Morgan fingerprint density at radius 2 is 0.618 bits per heavy atom. The number of allylic oxidation sites excluding steroid dienone is 8. The van der Waals surface area contributed by atoms with Gasteiger partial charge in [0, 0.05) is 19.4 Å². The lowest BCUT2D eigenvalue weighted by atomic mass is 10.0. The molecule has 0 aromatic carbocycles. The topological polar surface area (TPSA) is 61.8 Å². The van der Waals surface area contributed by atoms with Gasteiger partial charge in [0.1, 0.15) is 6.61 Å². The Bertz CT molecular complexity index is 1120. The molecule has 398 valence electrons. The maximum atomic E-state index is 12.9. The number of carbonyl (C=O) groups is 2. The lowest BCUT2D eigenvalue weighted by Crippen LogP contribution is -2.30. The Morgan fingerprint density at radius 1 is 0.324 bits per heavy atom. The molecule has 0 spiro atoms. The first-order chi connectivity index (χ1) is 33.6. The van der Waals surface area contributed by atoms with Gasteiger partial charge in [0.15, 0.2) is 6.10 Å². The molecule has 0 bridgehead atoms. The highest BCUT2D eigenvalue weighted by atomic mass is 16.6. The molecule has 0 rings (SSSR count). The Hall–Kier alpha value is -2.14. The molecule has 0 fully saturated rings. The van der Waals surface area contributed by atoms with Crippen LogP contribution in [0.2, 0.25) is 0 Å². The van der Waals surface area contributed by atoms with Crippen molar-refractivity contribution in [3.05, 3.63) is 48.6 Å². The maximum Gasteiger partial charge on any atom is 0.306 e. The van der Waals surface area contributed by atoms with Gasteiger partial charge < -0.3 is 14.2 Å². The average Bonchev–Trinajstić information content (AvgIpc) is 3.34. The highest BCUT2D eigenvalue weighted by Gasteiger charge is 2.17. The second-order valence-corrected chi connectivity index (χ2v) is 20.3. The fourth-order valence-electron chi connectivity index (χ4n) is 8.81. The third-order valence-electron chi connectivity index (χ3n) is 13.3. The minimum absolute atomic E-state index is 0.0842. The molecule has 0 aliphatic carbocycles.